The molecule has 0 spiro atoms. The molecule has 1 aliphatic heterocycles. The topological polar surface area (TPSA) is 127 Å². The smallest absolute Gasteiger partial charge is 0.323 e. The van der Waals surface area contributed by atoms with E-state index in [1.807, 2.05) is 13.0 Å². The molecule has 2 aromatic rings. The van der Waals surface area contributed by atoms with Gasteiger partial charge in [0.15, 0.2) is 0 Å². The zero-order valence-corrected chi connectivity index (χ0v) is 20.2. The first-order valence-electron chi connectivity index (χ1n) is 12.3. The van der Waals surface area contributed by atoms with Crippen molar-refractivity contribution in [2.24, 2.45) is 28.9 Å². The Kier molecular flexibility index (Phi) is 6.06. The van der Waals surface area contributed by atoms with Crippen LogP contribution < -0.4 is 26.4 Å². The Morgan fingerprint density at radius 2 is 2.03 bits per heavy atom. The minimum absolute atomic E-state index is 0.258. The van der Waals surface area contributed by atoms with Crippen molar-refractivity contribution in [3.8, 4) is 6.01 Å². The number of hydrogen-bond donors (Lipinski definition) is 4. The second-order valence-corrected chi connectivity index (χ2v) is 10.6. The number of hydrogen-bond acceptors (Lipinski definition) is 8. The quantitative estimate of drug-likeness (QED) is 0.468. The minimum Gasteiger partial charge on any atom is -0.463 e. The van der Waals surface area contributed by atoms with E-state index >= 15 is 0 Å². The van der Waals surface area contributed by atoms with Crippen LogP contribution in [0.15, 0.2) is 18.2 Å². The molecule has 3 saturated carbocycles. The standard InChI is InChI=1S/C25H35N7O2/c1-14-4-5-15(21(26)33)10-20(14)29-23-30-22(28-18-8-9-27-12-18)31-24(32-23)34-13-16-6-7-17-11-19(16)25(17,2)3/h4-5,10,16-19,27H,6-9,11-13H2,1-3H3,(H2,26,33)(H2,28,29,30,31,32). The van der Waals surface area contributed by atoms with Crippen LogP contribution >= 0.6 is 0 Å². The number of rotatable bonds is 8. The van der Waals surface area contributed by atoms with Crippen LogP contribution in [-0.4, -0.2) is 46.6 Å². The van der Waals surface area contributed by atoms with E-state index in [1.165, 1.54) is 19.3 Å². The molecule has 34 heavy (non-hydrogen) atoms. The van der Waals surface area contributed by atoms with Crippen LogP contribution in [0.2, 0.25) is 0 Å². The first-order valence-corrected chi connectivity index (χ1v) is 12.3. The average Bonchev–Trinajstić information content (AvgIpc) is 3.32. The van der Waals surface area contributed by atoms with Gasteiger partial charge in [0.25, 0.3) is 0 Å². The van der Waals surface area contributed by atoms with Gasteiger partial charge in [-0.2, -0.15) is 15.0 Å². The van der Waals surface area contributed by atoms with Crippen LogP contribution in [-0.2, 0) is 0 Å². The van der Waals surface area contributed by atoms with Crippen molar-refractivity contribution >= 4 is 23.5 Å². The maximum Gasteiger partial charge on any atom is 0.323 e. The molecule has 1 amide bonds. The molecule has 9 heteroatoms. The summed E-state index contributed by atoms with van der Waals surface area (Å²) in [5.74, 6) is 2.46. The Hall–Kier alpha value is -2.94. The van der Waals surface area contributed by atoms with Crippen LogP contribution in [0.5, 0.6) is 6.01 Å². The van der Waals surface area contributed by atoms with E-state index in [-0.39, 0.29) is 6.04 Å². The highest BCUT2D eigenvalue weighted by Crippen LogP contribution is 2.61. The summed E-state index contributed by atoms with van der Waals surface area (Å²) in [6.45, 7) is 9.18. The van der Waals surface area contributed by atoms with Gasteiger partial charge in [-0.25, -0.2) is 0 Å². The highest BCUT2D eigenvalue weighted by atomic mass is 16.5. The molecule has 9 nitrogen and oxygen atoms in total. The maximum atomic E-state index is 11.6. The molecule has 1 aromatic carbocycles. The highest BCUT2D eigenvalue weighted by Gasteiger charge is 2.54. The van der Waals surface area contributed by atoms with Crippen LogP contribution in [0.25, 0.3) is 0 Å². The molecule has 4 fully saturated rings. The summed E-state index contributed by atoms with van der Waals surface area (Å²) in [7, 11) is 0. The van der Waals surface area contributed by atoms with Crippen LogP contribution in [0.3, 0.4) is 0 Å². The summed E-state index contributed by atoms with van der Waals surface area (Å²) in [6, 6.07) is 5.85. The maximum absolute atomic E-state index is 11.6. The van der Waals surface area contributed by atoms with Gasteiger partial charge in [0.1, 0.15) is 0 Å². The summed E-state index contributed by atoms with van der Waals surface area (Å²) in [4.78, 5) is 25.3. The van der Waals surface area contributed by atoms with Gasteiger partial charge in [-0.05, 0) is 80.0 Å². The van der Waals surface area contributed by atoms with E-state index in [0.29, 0.717) is 47.3 Å². The van der Waals surface area contributed by atoms with Crippen molar-refractivity contribution in [1.29, 1.82) is 0 Å². The number of benzene rings is 1. The molecule has 2 heterocycles. The lowest BCUT2D eigenvalue weighted by Gasteiger charge is -2.60. The van der Waals surface area contributed by atoms with Crippen molar-refractivity contribution in [3.63, 3.8) is 0 Å². The number of carbonyl (C=O) groups is 1. The Morgan fingerprint density at radius 3 is 2.74 bits per heavy atom. The average molecular weight is 466 g/mol. The van der Waals surface area contributed by atoms with Gasteiger partial charge in [0.2, 0.25) is 17.8 Å². The third-order valence-electron chi connectivity index (χ3n) is 8.20. The number of aromatic nitrogens is 3. The van der Waals surface area contributed by atoms with Crippen molar-refractivity contribution in [2.45, 2.75) is 52.5 Å². The molecule has 1 aromatic heterocycles. The number of nitrogens with two attached hydrogens (primary N) is 1. The molecule has 6 rings (SSSR count). The predicted octanol–water partition coefficient (Wildman–Crippen LogP) is 3.25. The molecular formula is C25H35N7O2. The lowest BCUT2D eigenvalue weighted by atomic mass is 9.46. The van der Waals surface area contributed by atoms with E-state index in [9.17, 15) is 4.79 Å². The fraction of sp³-hybridized carbons (Fsp3) is 0.600. The third-order valence-corrected chi connectivity index (χ3v) is 8.20. The summed E-state index contributed by atoms with van der Waals surface area (Å²) in [5, 5.41) is 9.98. The van der Waals surface area contributed by atoms with Crippen LogP contribution in [0.4, 0.5) is 17.6 Å². The molecule has 2 bridgehead atoms. The van der Waals surface area contributed by atoms with Crippen LogP contribution in [0, 0.1) is 30.1 Å². The normalized spacial score (nSPS) is 27.0. The number of fused-ring (bicyclic) bond motifs is 2. The molecule has 182 valence electrons. The van der Waals surface area contributed by atoms with Gasteiger partial charge in [0, 0.05) is 23.8 Å². The molecule has 1 saturated heterocycles. The first kappa shape index (κ1) is 22.8. The number of nitrogens with one attached hydrogen (secondary N) is 3. The molecule has 5 N–H and O–H groups in total. The number of aryl methyl sites for hydroxylation is 1. The summed E-state index contributed by atoms with van der Waals surface area (Å²) < 4.78 is 6.18. The second-order valence-electron chi connectivity index (χ2n) is 10.6. The van der Waals surface area contributed by atoms with Crippen molar-refractivity contribution in [3.05, 3.63) is 29.3 Å². The van der Waals surface area contributed by atoms with E-state index in [4.69, 9.17) is 10.5 Å². The van der Waals surface area contributed by atoms with Crippen molar-refractivity contribution in [2.75, 3.05) is 30.3 Å². The monoisotopic (exact) mass is 465 g/mol. The Labute approximate surface area is 200 Å². The zero-order chi connectivity index (χ0) is 23.9. The summed E-state index contributed by atoms with van der Waals surface area (Å²) in [6.07, 6.45) is 4.79. The van der Waals surface area contributed by atoms with Gasteiger partial charge >= 0.3 is 6.01 Å². The van der Waals surface area contributed by atoms with Gasteiger partial charge in [-0.15, -0.1) is 0 Å². The van der Waals surface area contributed by atoms with Gasteiger partial charge in [-0.3, -0.25) is 4.79 Å². The summed E-state index contributed by atoms with van der Waals surface area (Å²) >= 11 is 0. The second kappa shape index (κ2) is 9.02. The Bertz CT molecular complexity index is 1070. The minimum atomic E-state index is -0.479. The van der Waals surface area contributed by atoms with Crippen LogP contribution in [0.1, 0.15) is 55.5 Å². The highest BCUT2D eigenvalue weighted by molar-refractivity contribution is 5.94. The largest absolute Gasteiger partial charge is 0.463 e. The van der Waals surface area contributed by atoms with Gasteiger partial charge < -0.3 is 26.4 Å². The molecule has 0 radical (unpaired) electrons. The van der Waals surface area contributed by atoms with Crippen molar-refractivity contribution < 1.29 is 9.53 Å². The lowest BCUT2D eigenvalue weighted by molar-refractivity contribution is -0.114. The lowest BCUT2D eigenvalue weighted by Crippen LogP contribution is -2.53. The number of nitrogens with zero attached hydrogens (tertiary/aromatic N) is 3. The van der Waals surface area contributed by atoms with Gasteiger partial charge in [-0.1, -0.05) is 19.9 Å². The SMILES string of the molecule is Cc1ccc(C(N)=O)cc1Nc1nc(NC2CCNC2)nc(OCC2CCC3CC2C3(C)C)n1. The molecular weight excluding hydrogens is 430 g/mol. The fourth-order valence-corrected chi connectivity index (χ4v) is 5.88. The number of carbonyl (C=O) groups excluding carboxylic acids is 1. The number of anilines is 3. The molecule has 3 aliphatic carbocycles. The molecule has 4 atom stereocenters. The van der Waals surface area contributed by atoms with E-state index in [1.54, 1.807) is 12.1 Å². The van der Waals surface area contributed by atoms with Crippen molar-refractivity contribution in [1.82, 2.24) is 20.3 Å². The zero-order valence-electron chi connectivity index (χ0n) is 20.2. The number of primary amides is 1. The first-order chi connectivity index (χ1) is 16.3. The van der Waals surface area contributed by atoms with Gasteiger partial charge in [0.05, 0.1) is 6.61 Å². The van der Waals surface area contributed by atoms with E-state index in [2.05, 4.69) is 44.7 Å². The summed E-state index contributed by atoms with van der Waals surface area (Å²) in [5.41, 5.74) is 7.96. The number of amides is 1. The fourth-order valence-electron chi connectivity index (χ4n) is 5.88. The van der Waals surface area contributed by atoms with E-state index < -0.39 is 5.91 Å². The molecule has 4 unspecified atom stereocenters. The Morgan fingerprint density at radius 1 is 1.21 bits per heavy atom. The van der Waals surface area contributed by atoms with E-state index in [0.717, 1.165) is 36.7 Å². The molecule has 4 aliphatic rings. The number of ether oxygens (including phenoxy) is 1. The Balaban J connectivity index is 1.36. The third kappa shape index (κ3) is 4.53. The predicted molar refractivity (Wildman–Crippen MR) is 131 cm³/mol.